The topological polar surface area (TPSA) is 99.4 Å². The summed E-state index contributed by atoms with van der Waals surface area (Å²) in [7, 11) is 0. The number of anilines is 3. The van der Waals surface area contributed by atoms with E-state index in [1.807, 2.05) is 31.2 Å². The molecule has 0 aliphatic heterocycles. The Hall–Kier alpha value is -3.61. The SMILES string of the molecule is CCOC(=O)c1ccc(Nc2cc(N)nc(-c3ccc(OCC)cc3)n2)cc1. The largest absolute Gasteiger partial charge is 0.494 e. The molecular weight excluding hydrogens is 356 g/mol. The van der Waals surface area contributed by atoms with E-state index >= 15 is 0 Å². The van der Waals surface area contributed by atoms with Gasteiger partial charge in [-0.15, -0.1) is 0 Å². The second kappa shape index (κ2) is 8.85. The molecule has 1 heterocycles. The Kier molecular flexibility index (Phi) is 6.06. The molecule has 0 aliphatic rings. The highest BCUT2D eigenvalue weighted by molar-refractivity contribution is 5.89. The molecule has 0 spiro atoms. The van der Waals surface area contributed by atoms with Gasteiger partial charge in [0.2, 0.25) is 0 Å². The number of nitrogen functional groups attached to an aromatic ring is 1. The number of nitrogens with two attached hydrogens (primary N) is 1. The molecule has 0 bridgehead atoms. The van der Waals surface area contributed by atoms with Gasteiger partial charge in [0, 0.05) is 17.3 Å². The van der Waals surface area contributed by atoms with Gasteiger partial charge >= 0.3 is 5.97 Å². The molecule has 0 aliphatic carbocycles. The Morgan fingerprint density at radius 1 is 1.00 bits per heavy atom. The highest BCUT2D eigenvalue weighted by Gasteiger charge is 2.08. The average Bonchev–Trinajstić information content (AvgIpc) is 2.69. The first-order chi connectivity index (χ1) is 13.6. The van der Waals surface area contributed by atoms with Crippen molar-refractivity contribution in [3.05, 3.63) is 60.2 Å². The molecule has 28 heavy (non-hydrogen) atoms. The standard InChI is InChI=1S/C21H22N4O3/c1-3-27-17-11-7-14(8-12-17)20-24-18(22)13-19(25-20)23-16-9-5-15(6-10-16)21(26)28-4-2/h5-13H,3-4H2,1-2H3,(H3,22,23,24,25). The van der Waals surface area contributed by atoms with Crippen LogP contribution < -0.4 is 15.8 Å². The molecule has 0 unspecified atom stereocenters. The molecule has 7 heteroatoms. The monoisotopic (exact) mass is 378 g/mol. The summed E-state index contributed by atoms with van der Waals surface area (Å²) in [6.45, 7) is 4.66. The van der Waals surface area contributed by atoms with Gasteiger partial charge in [-0.1, -0.05) is 0 Å². The molecule has 7 nitrogen and oxygen atoms in total. The fourth-order valence-electron chi connectivity index (χ4n) is 2.58. The summed E-state index contributed by atoms with van der Waals surface area (Å²) in [5, 5.41) is 3.18. The van der Waals surface area contributed by atoms with Crippen LogP contribution in [-0.4, -0.2) is 29.2 Å². The van der Waals surface area contributed by atoms with Crippen molar-refractivity contribution in [1.82, 2.24) is 9.97 Å². The molecule has 0 atom stereocenters. The van der Waals surface area contributed by atoms with E-state index in [2.05, 4.69) is 15.3 Å². The van der Waals surface area contributed by atoms with Crippen molar-refractivity contribution < 1.29 is 14.3 Å². The Bertz CT molecular complexity index is 941. The van der Waals surface area contributed by atoms with E-state index in [1.165, 1.54) is 0 Å². The maximum atomic E-state index is 11.7. The minimum Gasteiger partial charge on any atom is -0.494 e. The molecule has 3 N–H and O–H groups in total. The highest BCUT2D eigenvalue weighted by atomic mass is 16.5. The lowest BCUT2D eigenvalue weighted by molar-refractivity contribution is 0.0526. The first kappa shape index (κ1) is 19.2. The number of nitrogens with zero attached hydrogens (tertiary/aromatic N) is 2. The molecule has 0 saturated carbocycles. The third kappa shape index (κ3) is 4.76. The molecule has 2 aromatic carbocycles. The summed E-state index contributed by atoms with van der Waals surface area (Å²) in [5.74, 6) is 1.85. The fraction of sp³-hybridized carbons (Fsp3) is 0.190. The molecule has 0 fully saturated rings. The van der Waals surface area contributed by atoms with Crippen molar-refractivity contribution in [3.63, 3.8) is 0 Å². The number of ether oxygens (including phenoxy) is 2. The van der Waals surface area contributed by atoms with E-state index in [9.17, 15) is 4.79 Å². The van der Waals surface area contributed by atoms with Gasteiger partial charge in [-0.25, -0.2) is 14.8 Å². The van der Waals surface area contributed by atoms with Crippen LogP contribution in [0.3, 0.4) is 0 Å². The van der Waals surface area contributed by atoms with Crippen molar-refractivity contribution >= 4 is 23.3 Å². The van der Waals surface area contributed by atoms with E-state index in [-0.39, 0.29) is 5.97 Å². The molecule has 3 aromatic rings. The van der Waals surface area contributed by atoms with Gasteiger partial charge in [-0.3, -0.25) is 0 Å². The van der Waals surface area contributed by atoms with Crippen LogP contribution in [0.4, 0.5) is 17.3 Å². The van der Waals surface area contributed by atoms with Crippen LogP contribution in [0.2, 0.25) is 0 Å². The first-order valence-electron chi connectivity index (χ1n) is 9.01. The van der Waals surface area contributed by atoms with Crippen molar-refractivity contribution in [1.29, 1.82) is 0 Å². The zero-order valence-corrected chi connectivity index (χ0v) is 15.8. The minimum atomic E-state index is -0.349. The lowest BCUT2D eigenvalue weighted by Gasteiger charge is -2.10. The number of carbonyl (C=O) groups is 1. The van der Waals surface area contributed by atoms with Crippen molar-refractivity contribution in [3.8, 4) is 17.1 Å². The van der Waals surface area contributed by atoms with E-state index in [0.717, 1.165) is 17.0 Å². The van der Waals surface area contributed by atoms with Gasteiger partial charge in [0.1, 0.15) is 17.4 Å². The number of esters is 1. The summed E-state index contributed by atoms with van der Waals surface area (Å²) >= 11 is 0. The van der Waals surface area contributed by atoms with Crippen LogP contribution >= 0.6 is 0 Å². The summed E-state index contributed by atoms with van der Waals surface area (Å²) < 4.78 is 10.4. The van der Waals surface area contributed by atoms with Gasteiger partial charge < -0.3 is 20.5 Å². The molecule has 0 saturated heterocycles. The maximum absolute atomic E-state index is 11.7. The first-order valence-corrected chi connectivity index (χ1v) is 9.01. The third-order valence-electron chi connectivity index (χ3n) is 3.84. The molecule has 0 radical (unpaired) electrons. The molecule has 0 amide bonds. The zero-order chi connectivity index (χ0) is 19.9. The van der Waals surface area contributed by atoms with Gasteiger partial charge in [-0.2, -0.15) is 0 Å². The molecule has 144 valence electrons. The number of hydrogen-bond donors (Lipinski definition) is 2. The van der Waals surface area contributed by atoms with Crippen LogP contribution in [0.25, 0.3) is 11.4 Å². The Morgan fingerprint density at radius 3 is 2.36 bits per heavy atom. The smallest absolute Gasteiger partial charge is 0.338 e. The predicted octanol–water partition coefficient (Wildman–Crippen LogP) is 4.04. The van der Waals surface area contributed by atoms with E-state index < -0.39 is 0 Å². The second-order valence-corrected chi connectivity index (χ2v) is 5.88. The van der Waals surface area contributed by atoms with E-state index in [0.29, 0.717) is 36.2 Å². The maximum Gasteiger partial charge on any atom is 0.338 e. The number of nitrogens with one attached hydrogen (secondary N) is 1. The lowest BCUT2D eigenvalue weighted by Crippen LogP contribution is -2.05. The lowest BCUT2D eigenvalue weighted by atomic mass is 10.2. The van der Waals surface area contributed by atoms with Crippen molar-refractivity contribution in [2.75, 3.05) is 24.3 Å². The third-order valence-corrected chi connectivity index (χ3v) is 3.84. The molecule has 3 rings (SSSR count). The summed E-state index contributed by atoms with van der Waals surface area (Å²) in [5.41, 5.74) is 8.04. The van der Waals surface area contributed by atoms with Crippen LogP contribution in [0.1, 0.15) is 24.2 Å². The number of benzene rings is 2. The summed E-state index contributed by atoms with van der Waals surface area (Å²) in [6, 6.07) is 16.1. The Morgan fingerprint density at radius 2 is 1.71 bits per heavy atom. The van der Waals surface area contributed by atoms with Crippen molar-refractivity contribution in [2.45, 2.75) is 13.8 Å². The quantitative estimate of drug-likeness (QED) is 0.598. The molecule has 1 aromatic heterocycles. The normalized spacial score (nSPS) is 10.4. The van der Waals surface area contributed by atoms with Gasteiger partial charge in [0.25, 0.3) is 0 Å². The Balaban J connectivity index is 1.78. The number of carbonyl (C=O) groups excluding carboxylic acids is 1. The summed E-state index contributed by atoms with van der Waals surface area (Å²) in [4.78, 5) is 20.6. The number of hydrogen-bond acceptors (Lipinski definition) is 7. The van der Waals surface area contributed by atoms with Gasteiger partial charge in [0.05, 0.1) is 18.8 Å². The minimum absolute atomic E-state index is 0.341. The fourth-order valence-corrected chi connectivity index (χ4v) is 2.58. The Labute approximate surface area is 163 Å². The van der Waals surface area contributed by atoms with Crippen molar-refractivity contribution in [2.24, 2.45) is 0 Å². The number of aromatic nitrogens is 2. The number of rotatable bonds is 7. The average molecular weight is 378 g/mol. The molecular formula is C21H22N4O3. The highest BCUT2D eigenvalue weighted by Crippen LogP contribution is 2.24. The van der Waals surface area contributed by atoms with Crippen LogP contribution in [0.5, 0.6) is 5.75 Å². The van der Waals surface area contributed by atoms with Crippen LogP contribution in [0.15, 0.2) is 54.6 Å². The zero-order valence-electron chi connectivity index (χ0n) is 15.8. The van der Waals surface area contributed by atoms with Gasteiger partial charge in [-0.05, 0) is 62.4 Å². The van der Waals surface area contributed by atoms with E-state index in [4.69, 9.17) is 15.2 Å². The second-order valence-electron chi connectivity index (χ2n) is 5.88. The van der Waals surface area contributed by atoms with Gasteiger partial charge in [0.15, 0.2) is 5.82 Å². The summed E-state index contributed by atoms with van der Waals surface area (Å²) in [6.07, 6.45) is 0. The predicted molar refractivity (Wildman–Crippen MR) is 109 cm³/mol. The van der Waals surface area contributed by atoms with E-state index in [1.54, 1.807) is 37.3 Å². The van der Waals surface area contributed by atoms with Crippen LogP contribution in [-0.2, 0) is 4.74 Å². The van der Waals surface area contributed by atoms with Crippen LogP contribution in [0, 0.1) is 0 Å².